The first kappa shape index (κ1) is 13.4. The van der Waals surface area contributed by atoms with E-state index in [2.05, 4.69) is 5.10 Å². The maximum atomic E-state index is 11.1. The molecule has 0 unspecified atom stereocenters. The number of methoxy groups -OCH3 is 1. The van der Waals surface area contributed by atoms with Crippen LogP contribution in [0.25, 0.3) is 5.69 Å². The number of aromatic carboxylic acids is 1. The molecule has 0 amide bonds. The van der Waals surface area contributed by atoms with E-state index >= 15 is 0 Å². The molecular formula is C12H11ClN2O4. The molecule has 6 nitrogen and oxygen atoms in total. The van der Waals surface area contributed by atoms with Crippen LogP contribution in [0.15, 0.2) is 24.4 Å². The van der Waals surface area contributed by atoms with Gasteiger partial charge in [-0.25, -0.2) is 9.48 Å². The first-order chi connectivity index (χ1) is 9.04. The van der Waals surface area contributed by atoms with Crippen molar-refractivity contribution in [3.63, 3.8) is 0 Å². The van der Waals surface area contributed by atoms with E-state index in [0.717, 1.165) is 0 Å². The number of hydrogen-bond acceptors (Lipinski definition) is 4. The minimum Gasteiger partial charge on any atom is -0.506 e. The lowest BCUT2D eigenvalue weighted by Crippen LogP contribution is -2.08. The third-order valence-corrected chi connectivity index (χ3v) is 2.78. The third kappa shape index (κ3) is 2.54. The highest BCUT2D eigenvalue weighted by Gasteiger charge is 2.19. The Balaban J connectivity index is 2.61. The summed E-state index contributed by atoms with van der Waals surface area (Å²) in [6, 6.07) is 4.43. The predicted molar refractivity (Wildman–Crippen MR) is 67.9 cm³/mol. The van der Waals surface area contributed by atoms with Crippen molar-refractivity contribution in [1.82, 2.24) is 9.78 Å². The van der Waals surface area contributed by atoms with Crippen molar-refractivity contribution >= 4 is 17.6 Å². The van der Waals surface area contributed by atoms with E-state index in [-0.39, 0.29) is 17.9 Å². The number of aromatic nitrogens is 2. The fourth-order valence-electron chi connectivity index (χ4n) is 1.70. The minimum absolute atomic E-state index is 0.0150. The van der Waals surface area contributed by atoms with Gasteiger partial charge in [-0.05, 0) is 18.2 Å². The van der Waals surface area contributed by atoms with Gasteiger partial charge in [-0.2, -0.15) is 5.10 Å². The Hall–Kier alpha value is -2.05. The zero-order valence-corrected chi connectivity index (χ0v) is 10.8. The number of aromatic hydroxyl groups is 1. The Kier molecular flexibility index (Phi) is 3.73. The average molecular weight is 283 g/mol. The van der Waals surface area contributed by atoms with Gasteiger partial charge in [-0.1, -0.05) is 11.6 Å². The second kappa shape index (κ2) is 5.29. The van der Waals surface area contributed by atoms with Gasteiger partial charge in [0.1, 0.15) is 17.0 Å². The number of rotatable bonds is 4. The maximum absolute atomic E-state index is 11.1. The summed E-state index contributed by atoms with van der Waals surface area (Å²) in [6.45, 7) is 0.0492. The summed E-state index contributed by atoms with van der Waals surface area (Å²) in [5, 5.41) is 23.3. The third-order valence-electron chi connectivity index (χ3n) is 2.55. The van der Waals surface area contributed by atoms with Gasteiger partial charge in [-0.3, -0.25) is 0 Å². The summed E-state index contributed by atoms with van der Waals surface area (Å²) in [6.07, 6.45) is 1.21. The van der Waals surface area contributed by atoms with E-state index in [1.165, 1.54) is 36.2 Å². The summed E-state index contributed by atoms with van der Waals surface area (Å²) < 4.78 is 6.27. The molecule has 0 aliphatic rings. The second-order valence-corrected chi connectivity index (χ2v) is 4.22. The Morgan fingerprint density at radius 2 is 2.26 bits per heavy atom. The Morgan fingerprint density at radius 3 is 2.89 bits per heavy atom. The molecule has 0 saturated carbocycles. The molecule has 0 atom stereocenters. The molecule has 2 aromatic rings. The van der Waals surface area contributed by atoms with Gasteiger partial charge in [0.15, 0.2) is 0 Å². The summed E-state index contributed by atoms with van der Waals surface area (Å²) >= 11 is 5.87. The maximum Gasteiger partial charge on any atom is 0.339 e. The molecule has 2 N–H and O–H groups in total. The largest absolute Gasteiger partial charge is 0.506 e. The SMILES string of the molecule is COCc1c(C(=O)O)cnn1-c1cc(Cl)ccc1O. The van der Waals surface area contributed by atoms with Gasteiger partial charge in [0.25, 0.3) is 0 Å². The normalized spacial score (nSPS) is 10.6. The number of ether oxygens (including phenoxy) is 1. The smallest absolute Gasteiger partial charge is 0.339 e. The number of benzene rings is 1. The Bertz CT molecular complexity index is 624. The second-order valence-electron chi connectivity index (χ2n) is 3.79. The number of phenols is 1. The van der Waals surface area contributed by atoms with Crippen LogP contribution in [0.1, 0.15) is 16.1 Å². The van der Waals surface area contributed by atoms with E-state index < -0.39 is 5.97 Å². The first-order valence-corrected chi connectivity index (χ1v) is 5.70. The topological polar surface area (TPSA) is 84.6 Å². The molecule has 1 heterocycles. The summed E-state index contributed by atoms with van der Waals surface area (Å²) in [5.41, 5.74) is 0.640. The molecule has 7 heteroatoms. The molecule has 0 radical (unpaired) electrons. The summed E-state index contributed by atoms with van der Waals surface area (Å²) in [7, 11) is 1.45. The van der Waals surface area contributed by atoms with Crippen molar-refractivity contribution in [2.75, 3.05) is 7.11 Å². The van der Waals surface area contributed by atoms with Crippen molar-refractivity contribution in [2.24, 2.45) is 0 Å². The monoisotopic (exact) mass is 282 g/mol. The van der Waals surface area contributed by atoms with Crippen molar-refractivity contribution in [2.45, 2.75) is 6.61 Å². The van der Waals surface area contributed by atoms with Crippen molar-refractivity contribution in [3.8, 4) is 11.4 Å². The van der Waals surface area contributed by atoms with E-state index in [1.807, 2.05) is 0 Å². The number of carboxylic acids is 1. The molecule has 2 rings (SSSR count). The van der Waals surface area contributed by atoms with Crippen LogP contribution in [-0.2, 0) is 11.3 Å². The standard InChI is InChI=1S/C12H11ClN2O4/c1-19-6-10-8(12(17)18)5-14-15(10)9-4-7(13)2-3-11(9)16/h2-5,16H,6H2,1H3,(H,17,18). The lowest BCUT2D eigenvalue weighted by molar-refractivity contribution is 0.0691. The van der Waals surface area contributed by atoms with Gasteiger partial charge < -0.3 is 14.9 Å². The van der Waals surface area contributed by atoms with Crippen LogP contribution in [-0.4, -0.2) is 33.1 Å². The summed E-state index contributed by atoms with van der Waals surface area (Å²) in [5.74, 6) is -1.17. The quantitative estimate of drug-likeness (QED) is 0.897. The van der Waals surface area contributed by atoms with Crippen LogP contribution in [0.3, 0.4) is 0 Å². The molecule has 0 saturated heterocycles. The van der Waals surface area contributed by atoms with Crippen molar-refractivity contribution < 1.29 is 19.7 Å². The number of halogens is 1. The highest BCUT2D eigenvalue weighted by atomic mass is 35.5. The van der Waals surface area contributed by atoms with Gasteiger partial charge in [0.05, 0.1) is 18.5 Å². The summed E-state index contributed by atoms with van der Waals surface area (Å²) in [4.78, 5) is 11.1. The van der Waals surface area contributed by atoms with Gasteiger partial charge in [-0.15, -0.1) is 0 Å². The molecule has 0 aliphatic heterocycles. The lowest BCUT2D eigenvalue weighted by Gasteiger charge is -2.09. The molecular weight excluding hydrogens is 272 g/mol. The molecule has 100 valence electrons. The Morgan fingerprint density at radius 1 is 1.53 bits per heavy atom. The number of nitrogens with zero attached hydrogens (tertiary/aromatic N) is 2. The van der Waals surface area contributed by atoms with Crippen molar-refractivity contribution in [3.05, 3.63) is 40.7 Å². The van der Waals surface area contributed by atoms with Gasteiger partial charge in [0.2, 0.25) is 0 Å². The zero-order chi connectivity index (χ0) is 14.0. The van der Waals surface area contributed by atoms with Crippen LogP contribution in [0, 0.1) is 0 Å². The van der Waals surface area contributed by atoms with Gasteiger partial charge >= 0.3 is 5.97 Å². The van der Waals surface area contributed by atoms with Crippen LogP contribution >= 0.6 is 11.6 Å². The number of carboxylic acid groups (broad SMARTS) is 1. The highest BCUT2D eigenvalue weighted by molar-refractivity contribution is 6.30. The highest BCUT2D eigenvalue weighted by Crippen LogP contribution is 2.27. The fraction of sp³-hybridized carbons (Fsp3) is 0.167. The first-order valence-electron chi connectivity index (χ1n) is 5.32. The van der Waals surface area contributed by atoms with E-state index in [4.69, 9.17) is 21.4 Å². The molecule has 0 aliphatic carbocycles. The average Bonchev–Trinajstić information content (AvgIpc) is 2.76. The van der Waals surface area contributed by atoms with Gasteiger partial charge in [0, 0.05) is 12.1 Å². The molecule has 1 aromatic heterocycles. The van der Waals surface area contributed by atoms with E-state index in [0.29, 0.717) is 16.4 Å². The molecule has 0 fully saturated rings. The number of carbonyl (C=O) groups is 1. The van der Waals surface area contributed by atoms with Crippen LogP contribution in [0.5, 0.6) is 5.75 Å². The van der Waals surface area contributed by atoms with E-state index in [9.17, 15) is 9.90 Å². The molecule has 0 bridgehead atoms. The van der Waals surface area contributed by atoms with Crippen LogP contribution in [0.2, 0.25) is 5.02 Å². The number of hydrogen-bond donors (Lipinski definition) is 2. The van der Waals surface area contributed by atoms with E-state index in [1.54, 1.807) is 0 Å². The molecule has 0 spiro atoms. The van der Waals surface area contributed by atoms with Crippen molar-refractivity contribution in [1.29, 1.82) is 0 Å². The Labute approximate surface area is 113 Å². The zero-order valence-electron chi connectivity index (χ0n) is 10.00. The van der Waals surface area contributed by atoms with Crippen LogP contribution < -0.4 is 0 Å². The predicted octanol–water partition coefficient (Wildman–Crippen LogP) is 2.08. The molecule has 1 aromatic carbocycles. The number of phenolic OH excluding ortho intramolecular Hbond substituents is 1. The minimum atomic E-state index is -1.11. The molecule has 19 heavy (non-hydrogen) atoms. The lowest BCUT2D eigenvalue weighted by atomic mass is 10.2. The van der Waals surface area contributed by atoms with Crippen LogP contribution in [0.4, 0.5) is 0 Å². The fourth-order valence-corrected chi connectivity index (χ4v) is 1.87.